The molecule has 0 saturated carbocycles. The van der Waals surface area contributed by atoms with Crippen LogP contribution in [0.2, 0.25) is 0 Å². The van der Waals surface area contributed by atoms with E-state index in [1.165, 1.54) is 16.8 Å². The van der Waals surface area contributed by atoms with E-state index in [0.29, 0.717) is 6.54 Å². The Kier molecular flexibility index (Phi) is 4.22. The van der Waals surface area contributed by atoms with Crippen molar-refractivity contribution in [3.63, 3.8) is 0 Å². The van der Waals surface area contributed by atoms with Gasteiger partial charge in [0.15, 0.2) is 0 Å². The normalized spacial score (nSPS) is 12.2. The summed E-state index contributed by atoms with van der Waals surface area (Å²) in [5, 5.41) is 22.0. The number of nitro groups is 1. The summed E-state index contributed by atoms with van der Waals surface area (Å²) in [5.74, 6) is -0.429. The molecule has 0 aliphatic heterocycles. The molecule has 1 heterocycles. The van der Waals surface area contributed by atoms with Crippen LogP contribution in [0.3, 0.4) is 0 Å². The Morgan fingerprint density at radius 2 is 2.35 bits per heavy atom. The van der Waals surface area contributed by atoms with Crippen molar-refractivity contribution < 1.29 is 14.8 Å². The molecular formula is C10H15N3O4. The molecule has 17 heavy (non-hydrogen) atoms. The molecule has 1 aromatic rings. The fraction of sp³-hybridized carbons (Fsp3) is 0.500. The smallest absolute Gasteiger partial charge is 0.287 e. The number of aromatic nitrogens is 1. The zero-order valence-corrected chi connectivity index (χ0v) is 9.71. The first-order valence-electron chi connectivity index (χ1n) is 5.25. The van der Waals surface area contributed by atoms with Crippen LogP contribution in [0.5, 0.6) is 0 Å². The Labute approximate surface area is 98.2 Å². The topological polar surface area (TPSA) is 97.4 Å². The van der Waals surface area contributed by atoms with Gasteiger partial charge >= 0.3 is 0 Å². The van der Waals surface area contributed by atoms with Crippen molar-refractivity contribution in [3.05, 3.63) is 28.1 Å². The van der Waals surface area contributed by atoms with Crippen molar-refractivity contribution in [2.45, 2.75) is 26.4 Å². The van der Waals surface area contributed by atoms with Gasteiger partial charge in [0.1, 0.15) is 5.69 Å². The van der Waals surface area contributed by atoms with E-state index in [4.69, 9.17) is 5.11 Å². The molecule has 1 unspecified atom stereocenters. The molecule has 0 fully saturated rings. The van der Waals surface area contributed by atoms with Crippen LogP contribution < -0.4 is 5.32 Å². The van der Waals surface area contributed by atoms with E-state index in [-0.39, 0.29) is 24.0 Å². The molecule has 0 aliphatic rings. The number of carbonyl (C=O) groups is 1. The average Bonchev–Trinajstić information content (AvgIpc) is 2.72. The van der Waals surface area contributed by atoms with Crippen molar-refractivity contribution >= 4 is 11.6 Å². The number of amides is 1. The van der Waals surface area contributed by atoms with Crippen LogP contribution in [0, 0.1) is 10.1 Å². The number of aryl methyl sites for hydroxylation is 1. The average molecular weight is 241 g/mol. The number of hydrogen-bond donors (Lipinski definition) is 2. The number of hydrogen-bond acceptors (Lipinski definition) is 4. The van der Waals surface area contributed by atoms with Gasteiger partial charge in [-0.25, -0.2) is 0 Å². The number of aliphatic hydroxyl groups is 1. The van der Waals surface area contributed by atoms with Crippen molar-refractivity contribution in [1.82, 2.24) is 9.88 Å². The summed E-state index contributed by atoms with van der Waals surface area (Å²) in [5.41, 5.74) is 0.105. The molecule has 0 radical (unpaired) electrons. The third-order valence-electron chi connectivity index (χ3n) is 2.32. The highest BCUT2D eigenvalue weighted by molar-refractivity contribution is 5.93. The molecule has 0 spiro atoms. The van der Waals surface area contributed by atoms with E-state index in [1.54, 1.807) is 13.8 Å². The predicted molar refractivity (Wildman–Crippen MR) is 60.8 cm³/mol. The Hall–Kier alpha value is -1.89. The van der Waals surface area contributed by atoms with Crippen LogP contribution in [0.4, 0.5) is 5.69 Å². The number of nitrogens with zero attached hydrogens (tertiary/aromatic N) is 2. The quantitative estimate of drug-likeness (QED) is 0.580. The molecule has 1 atom stereocenters. The van der Waals surface area contributed by atoms with Gasteiger partial charge in [0, 0.05) is 18.7 Å². The second-order valence-electron chi connectivity index (χ2n) is 3.68. The highest BCUT2D eigenvalue weighted by Crippen LogP contribution is 2.16. The molecule has 7 nitrogen and oxygen atoms in total. The molecule has 1 amide bonds. The van der Waals surface area contributed by atoms with Crippen molar-refractivity contribution in [2.75, 3.05) is 6.61 Å². The van der Waals surface area contributed by atoms with E-state index < -0.39 is 10.8 Å². The Bertz CT molecular complexity index is 427. The number of carbonyl (C=O) groups excluding carboxylic acids is 1. The first-order chi connectivity index (χ1) is 7.99. The summed E-state index contributed by atoms with van der Waals surface area (Å²) >= 11 is 0. The molecule has 94 valence electrons. The van der Waals surface area contributed by atoms with Crippen molar-refractivity contribution in [2.24, 2.45) is 0 Å². The predicted octanol–water partition coefficient (Wildman–Crippen LogP) is 0.527. The summed E-state index contributed by atoms with van der Waals surface area (Å²) in [7, 11) is 0. The van der Waals surface area contributed by atoms with Gasteiger partial charge in [0.25, 0.3) is 11.6 Å². The van der Waals surface area contributed by atoms with Crippen molar-refractivity contribution in [3.8, 4) is 0 Å². The molecule has 0 aliphatic carbocycles. The van der Waals surface area contributed by atoms with Crippen LogP contribution in [0.15, 0.2) is 12.3 Å². The molecule has 0 aromatic carbocycles. The van der Waals surface area contributed by atoms with Gasteiger partial charge < -0.3 is 15.0 Å². The Balaban J connectivity index is 2.95. The molecule has 7 heteroatoms. The molecule has 0 bridgehead atoms. The molecule has 1 aromatic heterocycles. The van der Waals surface area contributed by atoms with E-state index >= 15 is 0 Å². The molecule has 1 rings (SSSR count). The number of aliphatic hydroxyl groups excluding tert-OH is 1. The largest absolute Gasteiger partial charge is 0.394 e. The van der Waals surface area contributed by atoms with Gasteiger partial charge in [0.2, 0.25) is 0 Å². The number of rotatable bonds is 5. The van der Waals surface area contributed by atoms with Crippen LogP contribution in [0.1, 0.15) is 24.3 Å². The Morgan fingerprint density at radius 1 is 1.71 bits per heavy atom. The maximum absolute atomic E-state index is 11.8. The van der Waals surface area contributed by atoms with Crippen LogP contribution in [-0.2, 0) is 6.54 Å². The van der Waals surface area contributed by atoms with Gasteiger partial charge in [-0.15, -0.1) is 0 Å². The third-order valence-corrected chi connectivity index (χ3v) is 2.32. The van der Waals surface area contributed by atoms with Crippen molar-refractivity contribution in [1.29, 1.82) is 0 Å². The highest BCUT2D eigenvalue weighted by atomic mass is 16.6. The van der Waals surface area contributed by atoms with Crippen LogP contribution in [0.25, 0.3) is 0 Å². The zero-order chi connectivity index (χ0) is 13.0. The second kappa shape index (κ2) is 5.44. The van der Waals surface area contributed by atoms with Crippen LogP contribution >= 0.6 is 0 Å². The fourth-order valence-corrected chi connectivity index (χ4v) is 1.39. The molecule has 2 N–H and O–H groups in total. The minimum Gasteiger partial charge on any atom is -0.394 e. The lowest BCUT2D eigenvalue weighted by Gasteiger charge is -2.11. The van der Waals surface area contributed by atoms with Crippen LogP contribution in [-0.4, -0.2) is 33.2 Å². The van der Waals surface area contributed by atoms with Gasteiger partial charge in [-0.1, -0.05) is 0 Å². The summed E-state index contributed by atoms with van der Waals surface area (Å²) in [6.45, 7) is 3.71. The van der Waals surface area contributed by atoms with Gasteiger partial charge in [-0.05, 0) is 13.8 Å². The fourth-order valence-electron chi connectivity index (χ4n) is 1.39. The standard InChI is InChI=1S/C10H15N3O4/c1-3-12-5-8(13(16)17)4-9(12)10(15)11-7(2)6-14/h4-5,7,14H,3,6H2,1-2H3,(H,11,15). The Morgan fingerprint density at radius 3 is 2.82 bits per heavy atom. The zero-order valence-electron chi connectivity index (χ0n) is 9.71. The summed E-state index contributed by atoms with van der Waals surface area (Å²) in [4.78, 5) is 21.8. The van der Waals surface area contributed by atoms with E-state index in [2.05, 4.69) is 5.32 Å². The maximum atomic E-state index is 11.8. The third kappa shape index (κ3) is 3.04. The lowest BCUT2D eigenvalue weighted by Crippen LogP contribution is -2.36. The summed E-state index contributed by atoms with van der Waals surface area (Å²) < 4.78 is 1.50. The minimum absolute atomic E-state index is 0.117. The summed E-state index contributed by atoms with van der Waals surface area (Å²) in [6, 6.07) is 0.838. The summed E-state index contributed by atoms with van der Waals surface area (Å²) in [6.07, 6.45) is 1.32. The first kappa shape index (κ1) is 13.2. The molecular weight excluding hydrogens is 226 g/mol. The maximum Gasteiger partial charge on any atom is 0.287 e. The lowest BCUT2D eigenvalue weighted by atomic mass is 10.3. The van der Waals surface area contributed by atoms with E-state index in [9.17, 15) is 14.9 Å². The van der Waals surface area contributed by atoms with E-state index in [0.717, 1.165) is 0 Å². The molecule has 0 saturated heterocycles. The SMILES string of the molecule is CCn1cc([N+](=O)[O-])cc1C(=O)NC(C)CO. The monoisotopic (exact) mass is 241 g/mol. The van der Waals surface area contributed by atoms with Gasteiger partial charge in [-0.2, -0.15) is 0 Å². The van der Waals surface area contributed by atoms with Gasteiger partial charge in [0.05, 0.1) is 17.7 Å². The lowest BCUT2D eigenvalue weighted by molar-refractivity contribution is -0.384. The minimum atomic E-state index is -0.543. The second-order valence-corrected chi connectivity index (χ2v) is 3.68. The first-order valence-corrected chi connectivity index (χ1v) is 5.25. The van der Waals surface area contributed by atoms with Gasteiger partial charge in [-0.3, -0.25) is 14.9 Å². The van der Waals surface area contributed by atoms with E-state index in [1.807, 2.05) is 0 Å². The number of nitrogens with one attached hydrogen (secondary N) is 1. The highest BCUT2D eigenvalue weighted by Gasteiger charge is 2.19.